The molecule has 1 amide bonds. The lowest BCUT2D eigenvalue weighted by atomic mass is 10.0. The molecule has 178 valence electrons. The molecule has 4 aromatic rings. The zero-order valence-electron chi connectivity index (χ0n) is 20.2. The fourth-order valence-electron chi connectivity index (χ4n) is 4.32. The number of carbonyl (C=O) groups is 1. The van der Waals surface area contributed by atoms with Crippen molar-refractivity contribution in [3.63, 3.8) is 0 Å². The summed E-state index contributed by atoms with van der Waals surface area (Å²) in [6, 6.07) is 11.0. The Hall–Kier alpha value is -3.58. The Labute approximate surface area is 199 Å². The van der Waals surface area contributed by atoms with Crippen LogP contribution in [0.25, 0.3) is 27.5 Å². The lowest BCUT2D eigenvalue weighted by molar-refractivity contribution is 0.0951. The molecule has 0 saturated heterocycles. The molecule has 0 saturated carbocycles. The van der Waals surface area contributed by atoms with Crippen molar-refractivity contribution in [2.24, 2.45) is 0 Å². The van der Waals surface area contributed by atoms with E-state index < -0.39 is 0 Å². The number of carbonyl (C=O) groups excluding carboxylic acids is 1. The number of likely N-dealkylation sites (N-methyl/N-ethyl adjacent to an activating group) is 1. The molecule has 0 aliphatic heterocycles. The number of H-pyrrole nitrogens is 2. The molecule has 6 nitrogen and oxygen atoms in total. The summed E-state index contributed by atoms with van der Waals surface area (Å²) < 4.78 is 14.2. The van der Waals surface area contributed by atoms with Gasteiger partial charge in [-0.15, -0.1) is 0 Å². The Balaban J connectivity index is 1.42. The summed E-state index contributed by atoms with van der Waals surface area (Å²) in [5.74, 6) is -0.305. The second-order valence-corrected chi connectivity index (χ2v) is 9.04. The third-order valence-electron chi connectivity index (χ3n) is 6.20. The summed E-state index contributed by atoms with van der Waals surface area (Å²) in [5, 5.41) is 8.25. The summed E-state index contributed by atoms with van der Waals surface area (Å²) in [6.07, 6.45) is 0.743. The Kier molecular flexibility index (Phi) is 6.75. The van der Waals surface area contributed by atoms with E-state index in [4.69, 9.17) is 0 Å². The van der Waals surface area contributed by atoms with Gasteiger partial charge < -0.3 is 25.5 Å². The Morgan fingerprint density at radius 2 is 1.85 bits per heavy atom. The molecule has 0 aliphatic rings. The number of amides is 1. The molecule has 4 rings (SSSR count). The number of aromatic amines is 2. The standard InChI is InChI=1S/C27H32FN5O/c1-16-6-8-22(28)26-25(16)21(17(2)31-26)10-11-29-18(3)24-15-20-14-19(7-9-23(20)32-24)27(34)30-12-13-33(4)5/h6-9,14-15,29,31-32H,3,10-13H2,1-2,4-5H3,(H,30,34). The van der Waals surface area contributed by atoms with Crippen LogP contribution in [0, 0.1) is 19.7 Å². The molecule has 2 heterocycles. The van der Waals surface area contributed by atoms with Crippen LogP contribution in [0.5, 0.6) is 0 Å². The van der Waals surface area contributed by atoms with Crippen molar-refractivity contribution >= 4 is 33.4 Å². The van der Waals surface area contributed by atoms with Crippen molar-refractivity contribution in [3.8, 4) is 0 Å². The highest BCUT2D eigenvalue weighted by Gasteiger charge is 2.14. The van der Waals surface area contributed by atoms with Gasteiger partial charge in [0.1, 0.15) is 5.82 Å². The van der Waals surface area contributed by atoms with Crippen LogP contribution in [0.15, 0.2) is 43.0 Å². The summed E-state index contributed by atoms with van der Waals surface area (Å²) in [4.78, 5) is 21.0. The first-order valence-corrected chi connectivity index (χ1v) is 11.5. The maximum Gasteiger partial charge on any atom is 0.251 e. The van der Waals surface area contributed by atoms with Gasteiger partial charge in [-0.2, -0.15) is 0 Å². The first-order valence-electron chi connectivity index (χ1n) is 11.5. The van der Waals surface area contributed by atoms with Crippen molar-refractivity contribution in [3.05, 3.63) is 76.9 Å². The number of hydrogen-bond donors (Lipinski definition) is 4. The van der Waals surface area contributed by atoms with E-state index in [2.05, 4.69) is 27.2 Å². The third kappa shape index (κ3) is 4.84. The van der Waals surface area contributed by atoms with Gasteiger partial charge in [0.2, 0.25) is 0 Å². The molecule has 2 aromatic carbocycles. The van der Waals surface area contributed by atoms with E-state index in [1.54, 1.807) is 0 Å². The minimum atomic E-state index is -0.226. The molecular formula is C27H32FN5O. The van der Waals surface area contributed by atoms with Gasteiger partial charge >= 0.3 is 0 Å². The van der Waals surface area contributed by atoms with Crippen molar-refractivity contribution in [1.82, 2.24) is 25.5 Å². The fourth-order valence-corrected chi connectivity index (χ4v) is 4.32. The van der Waals surface area contributed by atoms with Gasteiger partial charge in [-0.05, 0) is 75.8 Å². The van der Waals surface area contributed by atoms with E-state index in [1.807, 2.05) is 63.2 Å². The van der Waals surface area contributed by atoms with Crippen LogP contribution in [0.4, 0.5) is 4.39 Å². The average molecular weight is 462 g/mol. The predicted octanol–water partition coefficient (Wildman–Crippen LogP) is 4.50. The minimum absolute atomic E-state index is 0.0794. The average Bonchev–Trinajstić information content (AvgIpc) is 3.37. The van der Waals surface area contributed by atoms with Gasteiger partial charge in [-0.3, -0.25) is 4.79 Å². The van der Waals surface area contributed by atoms with Crippen molar-refractivity contribution in [2.75, 3.05) is 33.7 Å². The Bertz CT molecular complexity index is 1360. The molecule has 7 heteroatoms. The zero-order valence-corrected chi connectivity index (χ0v) is 20.2. The molecule has 0 atom stereocenters. The first-order chi connectivity index (χ1) is 16.2. The van der Waals surface area contributed by atoms with Gasteiger partial charge in [0.25, 0.3) is 5.91 Å². The SMILES string of the molecule is C=C(NCCc1c(C)[nH]c2c(F)ccc(C)c12)c1cc2cc(C(=O)NCCN(C)C)ccc2[nH]1. The highest BCUT2D eigenvalue weighted by Crippen LogP contribution is 2.28. The second kappa shape index (κ2) is 9.73. The molecule has 0 aliphatic carbocycles. The quantitative estimate of drug-likeness (QED) is 0.296. The molecule has 0 unspecified atom stereocenters. The van der Waals surface area contributed by atoms with Crippen LogP contribution >= 0.6 is 0 Å². The van der Waals surface area contributed by atoms with Gasteiger partial charge in [0.15, 0.2) is 0 Å². The topological polar surface area (TPSA) is 76.0 Å². The number of fused-ring (bicyclic) bond motifs is 2. The van der Waals surface area contributed by atoms with Crippen molar-refractivity contribution in [2.45, 2.75) is 20.3 Å². The molecule has 34 heavy (non-hydrogen) atoms. The van der Waals surface area contributed by atoms with Crippen molar-refractivity contribution < 1.29 is 9.18 Å². The van der Waals surface area contributed by atoms with Crippen LogP contribution in [0.2, 0.25) is 0 Å². The van der Waals surface area contributed by atoms with E-state index >= 15 is 0 Å². The smallest absolute Gasteiger partial charge is 0.251 e. The molecule has 0 bridgehead atoms. The van der Waals surface area contributed by atoms with Gasteiger partial charge in [0, 0.05) is 47.2 Å². The number of aryl methyl sites for hydroxylation is 2. The largest absolute Gasteiger partial charge is 0.384 e. The summed E-state index contributed by atoms with van der Waals surface area (Å²) in [7, 11) is 3.95. The second-order valence-electron chi connectivity index (χ2n) is 9.04. The van der Waals surface area contributed by atoms with E-state index in [1.165, 1.54) is 6.07 Å². The van der Waals surface area contributed by atoms with Gasteiger partial charge in [-0.25, -0.2) is 4.39 Å². The van der Waals surface area contributed by atoms with E-state index in [-0.39, 0.29) is 11.7 Å². The molecule has 0 fully saturated rings. The molecule has 0 radical (unpaired) electrons. The highest BCUT2D eigenvalue weighted by atomic mass is 19.1. The maximum atomic E-state index is 14.2. The number of aromatic nitrogens is 2. The normalized spacial score (nSPS) is 11.5. The number of nitrogens with one attached hydrogen (secondary N) is 4. The highest BCUT2D eigenvalue weighted by molar-refractivity contribution is 5.98. The monoisotopic (exact) mass is 461 g/mol. The Morgan fingerprint density at radius 3 is 2.62 bits per heavy atom. The number of benzene rings is 2. The number of halogens is 1. The fraction of sp³-hybridized carbons (Fsp3) is 0.296. The van der Waals surface area contributed by atoms with Crippen LogP contribution < -0.4 is 10.6 Å². The van der Waals surface area contributed by atoms with E-state index in [0.29, 0.717) is 24.2 Å². The van der Waals surface area contributed by atoms with Gasteiger partial charge in [0.05, 0.1) is 16.9 Å². The molecule has 2 aromatic heterocycles. The van der Waals surface area contributed by atoms with Crippen LogP contribution in [-0.4, -0.2) is 54.5 Å². The van der Waals surface area contributed by atoms with Crippen LogP contribution in [-0.2, 0) is 6.42 Å². The molecule has 0 spiro atoms. The number of rotatable bonds is 9. The summed E-state index contributed by atoms with van der Waals surface area (Å²) >= 11 is 0. The number of nitrogens with zero attached hydrogens (tertiary/aromatic N) is 1. The maximum absolute atomic E-state index is 14.2. The van der Waals surface area contributed by atoms with Crippen LogP contribution in [0.1, 0.15) is 32.9 Å². The van der Waals surface area contributed by atoms with Gasteiger partial charge in [-0.1, -0.05) is 12.6 Å². The van der Waals surface area contributed by atoms with E-state index in [0.717, 1.165) is 57.5 Å². The summed E-state index contributed by atoms with van der Waals surface area (Å²) in [5.41, 5.74) is 6.96. The minimum Gasteiger partial charge on any atom is -0.384 e. The van der Waals surface area contributed by atoms with E-state index in [9.17, 15) is 9.18 Å². The molecular weight excluding hydrogens is 429 g/mol. The zero-order chi connectivity index (χ0) is 24.4. The lowest BCUT2D eigenvalue weighted by Crippen LogP contribution is -2.31. The van der Waals surface area contributed by atoms with Crippen molar-refractivity contribution in [1.29, 1.82) is 0 Å². The first kappa shape index (κ1) is 23.6. The Morgan fingerprint density at radius 1 is 1.06 bits per heavy atom. The third-order valence-corrected chi connectivity index (χ3v) is 6.20. The predicted molar refractivity (Wildman–Crippen MR) is 138 cm³/mol. The molecule has 4 N–H and O–H groups in total. The number of hydrogen-bond acceptors (Lipinski definition) is 3. The lowest BCUT2D eigenvalue weighted by Gasteiger charge is -2.10. The summed E-state index contributed by atoms with van der Waals surface area (Å²) in [6.45, 7) is 10.2. The van der Waals surface area contributed by atoms with Crippen LogP contribution in [0.3, 0.4) is 0 Å².